The van der Waals surface area contributed by atoms with E-state index in [1.54, 1.807) is 0 Å². The lowest BCUT2D eigenvalue weighted by molar-refractivity contribution is 0.0683. The lowest BCUT2D eigenvalue weighted by Gasteiger charge is -2.35. The monoisotopic (exact) mass is 771 g/mol. The maximum atomic E-state index is 13.2. The summed E-state index contributed by atoms with van der Waals surface area (Å²) in [7, 11) is 1.95. The Kier molecular flexibility index (Phi) is 10.6. The Balaban J connectivity index is 0.985. The van der Waals surface area contributed by atoms with Crippen molar-refractivity contribution >= 4 is 45.3 Å². The van der Waals surface area contributed by atoms with Gasteiger partial charge in [0.25, 0.3) is 0 Å². The van der Waals surface area contributed by atoms with Gasteiger partial charge in [0, 0.05) is 79.2 Å². The molecule has 0 unspecified atom stereocenters. The number of benzene rings is 4. The Labute approximate surface area is 332 Å². The molecule has 0 radical (unpaired) electrons. The molecule has 1 N–H and O–H groups in total. The summed E-state index contributed by atoms with van der Waals surface area (Å²) in [5, 5.41) is 19.8. The van der Waals surface area contributed by atoms with Gasteiger partial charge >= 0.3 is 5.97 Å². The summed E-state index contributed by atoms with van der Waals surface area (Å²) >= 11 is 2.05. The highest BCUT2D eigenvalue weighted by Crippen LogP contribution is 2.40. The van der Waals surface area contributed by atoms with Crippen molar-refractivity contribution in [2.75, 3.05) is 44.3 Å². The SMILES string of the molecule is Cn1nc(COc2ccc(N3CCN(SC4CC4)CC3)cc2)c2c1COCCCCn1c(C(=O)O)c(CCCOc3cccc4ccccc34)c3cccc-2c31. The third-order valence-corrected chi connectivity index (χ3v) is 12.7. The number of hydrogen-bond acceptors (Lipinski definition) is 8. The zero-order valence-electron chi connectivity index (χ0n) is 32.0. The number of rotatable bonds is 12. The molecule has 3 aliphatic rings. The van der Waals surface area contributed by atoms with Crippen LogP contribution in [0.5, 0.6) is 11.5 Å². The first-order valence-corrected chi connectivity index (χ1v) is 20.9. The summed E-state index contributed by atoms with van der Waals surface area (Å²) in [6.45, 7) is 6.52. The predicted octanol–water partition coefficient (Wildman–Crippen LogP) is 8.73. The molecule has 0 atom stereocenters. The molecule has 2 fully saturated rings. The van der Waals surface area contributed by atoms with Crippen molar-refractivity contribution in [1.82, 2.24) is 18.7 Å². The number of fused-ring (bicyclic) bond motifs is 3. The fourth-order valence-electron chi connectivity index (χ4n) is 8.34. The predicted molar refractivity (Wildman–Crippen MR) is 223 cm³/mol. The minimum atomic E-state index is -0.916. The second-order valence-corrected chi connectivity index (χ2v) is 16.5. The lowest BCUT2D eigenvalue weighted by atomic mass is 9.98. The van der Waals surface area contributed by atoms with E-state index in [1.807, 2.05) is 58.6 Å². The molecule has 1 saturated heterocycles. The maximum Gasteiger partial charge on any atom is 0.352 e. The lowest BCUT2D eigenvalue weighted by Crippen LogP contribution is -2.43. The van der Waals surface area contributed by atoms with Crippen LogP contribution in [0.1, 0.15) is 59.5 Å². The van der Waals surface area contributed by atoms with E-state index in [0.717, 1.165) is 106 Å². The molecule has 2 aromatic heterocycles. The first kappa shape index (κ1) is 36.7. The van der Waals surface area contributed by atoms with Gasteiger partial charge in [-0.15, -0.1) is 0 Å². The van der Waals surface area contributed by atoms with Crippen LogP contribution < -0.4 is 14.4 Å². The number of para-hydroxylation sites is 1. The van der Waals surface area contributed by atoms with Crippen molar-refractivity contribution < 1.29 is 24.1 Å². The Hall–Kier alpha value is -4.97. The Bertz CT molecular complexity index is 2340. The van der Waals surface area contributed by atoms with Gasteiger partial charge in [-0.2, -0.15) is 5.10 Å². The van der Waals surface area contributed by atoms with Gasteiger partial charge in [0.15, 0.2) is 0 Å². The van der Waals surface area contributed by atoms with Crippen molar-refractivity contribution in [2.24, 2.45) is 7.05 Å². The number of hydrogen-bond donors (Lipinski definition) is 1. The molecule has 6 aromatic rings. The summed E-state index contributed by atoms with van der Waals surface area (Å²) in [6.07, 6.45) is 5.60. The highest BCUT2D eigenvalue weighted by molar-refractivity contribution is 7.97. The van der Waals surface area contributed by atoms with Gasteiger partial charge in [0.2, 0.25) is 0 Å². The second kappa shape index (κ2) is 16.3. The molecule has 0 bridgehead atoms. The Morgan fingerprint density at radius 1 is 0.893 bits per heavy atom. The molecule has 290 valence electrons. The molecule has 0 spiro atoms. The summed E-state index contributed by atoms with van der Waals surface area (Å²) < 4.78 is 25.4. The molecular weight excluding hydrogens is 723 g/mol. The zero-order valence-corrected chi connectivity index (χ0v) is 32.8. The normalized spacial score (nSPS) is 16.5. The van der Waals surface area contributed by atoms with Crippen molar-refractivity contribution in [1.29, 1.82) is 0 Å². The minimum absolute atomic E-state index is 0.265. The molecule has 4 heterocycles. The second-order valence-electron chi connectivity index (χ2n) is 15.1. The topological polar surface area (TPSA) is 94.2 Å². The number of nitrogens with zero attached hydrogens (tertiary/aromatic N) is 5. The van der Waals surface area contributed by atoms with Crippen LogP contribution in [0.2, 0.25) is 0 Å². The van der Waals surface area contributed by atoms with Crippen LogP contribution in [-0.2, 0) is 38.0 Å². The molecule has 0 amide bonds. The Morgan fingerprint density at radius 3 is 2.50 bits per heavy atom. The van der Waals surface area contributed by atoms with E-state index < -0.39 is 5.97 Å². The molecular formula is C45H49N5O5S. The standard InChI is InChI=1S/C45H49N5O5S/c1-47-40-30-53-27-5-4-22-50-43-36(37(44(50)45(51)52)14-8-28-54-41-15-6-10-31-9-2-3-11-35(31)41)12-7-13-38(43)42(40)39(46-47)29-55-33-18-16-32(17-19-33)48-23-25-49(26-24-48)56-34-20-21-34/h2-3,6-7,9-13,15-19,34H,4-5,8,14,20-30H2,1H3,(H,51,52). The summed E-state index contributed by atoms with van der Waals surface area (Å²) in [6, 6.07) is 28.9. The van der Waals surface area contributed by atoms with Crippen molar-refractivity contribution in [3.05, 3.63) is 108 Å². The molecule has 2 aliphatic heterocycles. The molecule has 4 aromatic carbocycles. The summed E-state index contributed by atoms with van der Waals surface area (Å²) in [5.74, 6) is 0.710. The number of aryl methyl sites for hydroxylation is 3. The smallest absolute Gasteiger partial charge is 0.352 e. The van der Waals surface area contributed by atoms with Crippen molar-refractivity contribution in [3.63, 3.8) is 0 Å². The molecule has 10 nitrogen and oxygen atoms in total. The fraction of sp³-hybridized carbons (Fsp3) is 0.378. The van der Waals surface area contributed by atoms with Crippen LogP contribution in [-0.4, -0.2) is 74.4 Å². The van der Waals surface area contributed by atoms with Gasteiger partial charge in [0.05, 0.1) is 24.4 Å². The number of carboxylic acids is 1. The van der Waals surface area contributed by atoms with E-state index in [2.05, 4.69) is 63.8 Å². The van der Waals surface area contributed by atoms with Crippen LogP contribution >= 0.6 is 11.9 Å². The highest BCUT2D eigenvalue weighted by atomic mass is 32.2. The largest absolute Gasteiger partial charge is 0.493 e. The maximum absolute atomic E-state index is 13.2. The molecule has 1 saturated carbocycles. The number of aromatic carboxylic acids is 1. The van der Waals surface area contributed by atoms with Crippen LogP contribution in [0.3, 0.4) is 0 Å². The highest BCUT2D eigenvalue weighted by Gasteiger charge is 2.29. The molecule has 56 heavy (non-hydrogen) atoms. The van der Waals surface area contributed by atoms with Gasteiger partial charge < -0.3 is 28.8 Å². The van der Waals surface area contributed by atoms with Crippen molar-refractivity contribution in [2.45, 2.75) is 63.5 Å². The minimum Gasteiger partial charge on any atom is -0.493 e. The van der Waals surface area contributed by atoms with Crippen LogP contribution in [0.4, 0.5) is 5.69 Å². The average molecular weight is 772 g/mol. The van der Waals surface area contributed by atoms with Crippen LogP contribution in [0, 0.1) is 0 Å². The first-order valence-electron chi connectivity index (χ1n) is 20.0. The van der Waals surface area contributed by atoms with E-state index in [-0.39, 0.29) is 6.61 Å². The van der Waals surface area contributed by atoms with Gasteiger partial charge in [-0.25, -0.2) is 9.10 Å². The van der Waals surface area contributed by atoms with Gasteiger partial charge in [-0.3, -0.25) is 4.68 Å². The third-order valence-electron chi connectivity index (χ3n) is 11.3. The number of aromatic nitrogens is 3. The average Bonchev–Trinajstić information content (AvgIpc) is 3.91. The third kappa shape index (κ3) is 7.60. The van der Waals surface area contributed by atoms with Gasteiger partial charge in [-0.1, -0.05) is 66.5 Å². The molecule has 11 heteroatoms. The molecule has 9 rings (SSSR count). The van der Waals surface area contributed by atoms with E-state index >= 15 is 0 Å². The zero-order chi connectivity index (χ0) is 38.0. The summed E-state index contributed by atoms with van der Waals surface area (Å²) in [5.41, 5.74) is 6.97. The first-order chi connectivity index (χ1) is 27.5. The quantitative estimate of drug-likeness (QED) is 0.0969. The van der Waals surface area contributed by atoms with Crippen LogP contribution in [0.25, 0.3) is 32.8 Å². The van der Waals surface area contributed by atoms with Crippen LogP contribution in [0.15, 0.2) is 84.9 Å². The number of carboxylic acid groups (broad SMARTS) is 1. The van der Waals surface area contributed by atoms with Crippen molar-refractivity contribution in [3.8, 4) is 22.6 Å². The fourth-order valence-corrected chi connectivity index (χ4v) is 9.48. The van der Waals surface area contributed by atoms with E-state index in [9.17, 15) is 9.90 Å². The van der Waals surface area contributed by atoms with E-state index in [4.69, 9.17) is 19.3 Å². The summed E-state index contributed by atoms with van der Waals surface area (Å²) in [4.78, 5) is 15.6. The van der Waals surface area contributed by atoms with E-state index in [1.165, 1.54) is 18.5 Å². The number of carbonyl (C=O) groups is 1. The molecule has 1 aliphatic carbocycles. The van der Waals surface area contributed by atoms with Gasteiger partial charge in [0.1, 0.15) is 29.5 Å². The number of piperazine rings is 1. The Morgan fingerprint density at radius 2 is 1.68 bits per heavy atom. The van der Waals surface area contributed by atoms with Gasteiger partial charge in [-0.05, 0) is 79.8 Å². The number of anilines is 1. The van der Waals surface area contributed by atoms with E-state index in [0.29, 0.717) is 44.9 Å². The number of ether oxygens (including phenoxy) is 3.